The zero-order chi connectivity index (χ0) is 50.3. The van der Waals surface area contributed by atoms with Crippen LogP contribution in [0.1, 0.15) is 91.0 Å². The van der Waals surface area contributed by atoms with Gasteiger partial charge in [0.15, 0.2) is 0 Å². The molecule has 67 heavy (non-hydrogen) atoms. The number of amides is 8. The molecule has 24 nitrogen and oxygen atoms in total. The van der Waals surface area contributed by atoms with Crippen LogP contribution in [-0.4, -0.2) is 157 Å². The number of hydrogen-bond donors (Lipinski definition) is 11. The number of phenols is 1. The maximum atomic E-state index is 14.5. The maximum absolute atomic E-state index is 14.5. The second-order valence-electron chi connectivity index (χ2n) is 17.2. The second kappa shape index (κ2) is 25.2. The van der Waals surface area contributed by atoms with Gasteiger partial charge in [-0.25, -0.2) is 4.79 Å². The lowest BCUT2D eigenvalue weighted by atomic mass is 9.98. The van der Waals surface area contributed by atoms with E-state index in [2.05, 4.69) is 26.6 Å². The van der Waals surface area contributed by atoms with Crippen molar-refractivity contribution in [2.45, 2.75) is 140 Å². The Balaban J connectivity index is 1.87. The van der Waals surface area contributed by atoms with E-state index in [0.717, 1.165) is 4.90 Å². The fraction of sp³-hybridized carbons (Fsp3) is 0.605. The number of nitrogens with one attached hydrogen (secondary N) is 5. The summed E-state index contributed by atoms with van der Waals surface area (Å²) in [6.07, 6.45) is -1.30. The molecule has 3 rings (SSSR count). The van der Waals surface area contributed by atoms with Gasteiger partial charge >= 0.3 is 17.9 Å². The van der Waals surface area contributed by atoms with Gasteiger partial charge < -0.3 is 68.3 Å². The van der Waals surface area contributed by atoms with Gasteiger partial charge in [0.1, 0.15) is 48.0 Å². The van der Waals surface area contributed by atoms with E-state index in [1.807, 2.05) is 0 Å². The third-order valence-electron chi connectivity index (χ3n) is 11.7. The van der Waals surface area contributed by atoms with Crippen molar-refractivity contribution in [1.29, 1.82) is 0 Å². The molecule has 2 heterocycles. The maximum Gasteiger partial charge on any atom is 0.326 e. The fourth-order valence-electron chi connectivity index (χ4n) is 7.81. The summed E-state index contributed by atoms with van der Waals surface area (Å²) in [4.78, 5) is 145. The minimum Gasteiger partial charge on any atom is -0.508 e. The summed E-state index contributed by atoms with van der Waals surface area (Å²) in [5, 5.41) is 50.6. The Bertz CT molecular complexity index is 2020. The Hall–Kier alpha value is -6.85. The Morgan fingerprint density at radius 1 is 0.672 bits per heavy atom. The number of aromatic hydroxyl groups is 1. The first kappa shape index (κ1) is 54.5. The van der Waals surface area contributed by atoms with Crippen molar-refractivity contribution in [3.05, 3.63) is 29.8 Å². The second-order valence-corrected chi connectivity index (χ2v) is 17.2. The van der Waals surface area contributed by atoms with Gasteiger partial charge in [0.05, 0.1) is 18.9 Å². The zero-order valence-corrected chi connectivity index (χ0v) is 37.9. The van der Waals surface area contributed by atoms with Gasteiger partial charge in [0.2, 0.25) is 47.3 Å². The lowest BCUT2D eigenvalue weighted by Gasteiger charge is -2.32. The SMILES string of the molecule is CC[C@H](C)[C@H](NC(=O)[C@H](CC(=O)O)NC(=O)[C@@H]1CCCN1C(=O)[C@H](Cc1ccc(O)cc1)NC(=O)[C@@H](NC(=O)[C@@H]1CCCN1C(=O)[C@H](CCC(N)=O)NC(=O)[C@@H](N)CC(=O)O)C(C)C)C(=O)O. The molecule has 0 aliphatic carbocycles. The van der Waals surface area contributed by atoms with Gasteiger partial charge in [-0.3, -0.25) is 47.9 Å². The Kier molecular flexibility index (Phi) is 20.5. The minimum absolute atomic E-state index is 0.00599. The van der Waals surface area contributed by atoms with Gasteiger partial charge in [-0.1, -0.05) is 46.2 Å². The number of aliphatic carboxylic acids is 3. The number of carbonyl (C=O) groups is 11. The summed E-state index contributed by atoms with van der Waals surface area (Å²) in [5.41, 5.74) is 11.4. The molecule has 0 saturated carbocycles. The first-order chi connectivity index (χ1) is 31.4. The van der Waals surface area contributed by atoms with Crippen molar-refractivity contribution in [3.8, 4) is 5.75 Å². The Morgan fingerprint density at radius 2 is 1.19 bits per heavy atom. The number of carbonyl (C=O) groups excluding carboxylic acids is 8. The molecule has 0 unspecified atom stereocenters. The van der Waals surface area contributed by atoms with Crippen LogP contribution in [0.3, 0.4) is 0 Å². The lowest BCUT2D eigenvalue weighted by Crippen LogP contribution is -2.61. The Labute approximate surface area is 386 Å². The molecule has 8 amide bonds. The van der Waals surface area contributed by atoms with Gasteiger partial charge in [0.25, 0.3) is 0 Å². The van der Waals surface area contributed by atoms with E-state index < -0.39 is 138 Å². The number of nitrogens with two attached hydrogens (primary N) is 2. The third kappa shape index (κ3) is 15.9. The molecule has 1 aromatic carbocycles. The van der Waals surface area contributed by atoms with Crippen LogP contribution in [0.25, 0.3) is 0 Å². The van der Waals surface area contributed by atoms with E-state index in [4.69, 9.17) is 16.6 Å². The van der Waals surface area contributed by atoms with Crippen molar-refractivity contribution < 1.29 is 73.2 Å². The number of rotatable bonds is 25. The molecular formula is C43H63N9O15. The molecule has 2 saturated heterocycles. The highest BCUT2D eigenvalue weighted by molar-refractivity contribution is 5.99. The van der Waals surface area contributed by atoms with Crippen molar-refractivity contribution in [2.24, 2.45) is 23.3 Å². The quantitative estimate of drug-likeness (QED) is 0.0490. The molecule has 2 fully saturated rings. The van der Waals surface area contributed by atoms with Crippen LogP contribution < -0.4 is 38.1 Å². The number of hydrogen-bond acceptors (Lipinski definition) is 13. The van der Waals surface area contributed by atoms with Crippen molar-refractivity contribution in [2.75, 3.05) is 13.1 Å². The molecule has 13 N–H and O–H groups in total. The van der Waals surface area contributed by atoms with Crippen molar-refractivity contribution in [1.82, 2.24) is 36.4 Å². The standard InChI is InChI=1S/C43H63N9O15/c1-5-22(4)35(43(66)67)50-37(60)27(20-33(57)58)47-38(61)29-8-6-17-52(29)42(65)28(18-23-10-12-24(53)13-11-23)48-40(63)34(21(2)3)49-39(62)30-9-7-16-51(30)41(64)26(14-15-31(45)54)46-36(59)25(44)19-32(55)56/h10-13,21-22,25-30,34-35,53H,5-9,14-20,44H2,1-4H3,(H2,45,54)(H,46,59)(H,47,61)(H,48,63)(H,49,62)(H,50,60)(H,55,56)(H,57,58)(H,66,67)/t22-,25-,26-,27-,28-,29-,30-,34-,35-/m0/s1. The van der Waals surface area contributed by atoms with E-state index >= 15 is 0 Å². The molecule has 0 aromatic heterocycles. The molecule has 2 aliphatic rings. The first-order valence-electron chi connectivity index (χ1n) is 22.1. The molecule has 0 radical (unpaired) electrons. The molecule has 370 valence electrons. The van der Waals surface area contributed by atoms with Crippen LogP contribution >= 0.6 is 0 Å². The summed E-state index contributed by atoms with van der Waals surface area (Å²) in [6.45, 7) is 6.54. The van der Waals surface area contributed by atoms with Crippen LogP contribution in [0.5, 0.6) is 5.75 Å². The van der Waals surface area contributed by atoms with Crippen LogP contribution in [0.2, 0.25) is 0 Å². The number of phenolic OH excluding ortho intramolecular Hbond substituents is 1. The molecular weight excluding hydrogens is 883 g/mol. The normalized spacial score (nSPS) is 18.8. The van der Waals surface area contributed by atoms with E-state index in [1.54, 1.807) is 27.7 Å². The highest BCUT2D eigenvalue weighted by Crippen LogP contribution is 2.23. The zero-order valence-electron chi connectivity index (χ0n) is 37.9. The van der Waals surface area contributed by atoms with E-state index in [0.29, 0.717) is 18.4 Å². The molecule has 2 aliphatic heterocycles. The largest absolute Gasteiger partial charge is 0.508 e. The van der Waals surface area contributed by atoms with Crippen LogP contribution in [0.15, 0.2) is 24.3 Å². The molecule has 0 bridgehead atoms. The third-order valence-corrected chi connectivity index (χ3v) is 11.7. The summed E-state index contributed by atoms with van der Waals surface area (Å²) >= 11 is 0. The first-order valence-corrected chi connectivity index (χ1v) is 22.1. The summed E-state index contributed by atoms with van der Waals surface area (Å²) in [7, 11) is 0. The van der Waals surface area contributed by atoms with E-state index in [9.17, 15) is 68.1 Å². The van der Waals surface area contributed by atoms with Crippen LogP contribution in [-0.2, 0) is 59.2 Å². The summed E-state index contributed by atoms with van der Waals surface area (Å²) in [6, 6.07) is -5.49. The highest BCUT2D eigenvalue weighted by atomic mass is 16.4. The predicted molar refractivity (Wildman–Crippen MR) is 234 cm³/mol. The number of likely N-dealkylation sites (tertiary alicyclic amines) is 2. The van der Waals surface area contributed by atoms with Crippen molar-refractivity contribution in [3.63, 3.8) is 0 Å². The van der Waals surface area contributed by atoms with Gasteiger partial charge in [-0.05, 0) is 61.6 Å². The predicted octanol–water partition coefficient (Wildman–Crippen LogP) is -2.33. The van der Waals surface area contributed by atoms with Gasteiger partial charge in [0, 0.05) is 25.9 Å². The Morgan fingerprint density at radius 3 is 1.69 bits per heavy atom. The number of benzene rings is 1. The van der Waals surface area contributed by atoms with Crippen molar-refractivity contribution >= 4 is 65.2 Å². The fourth-order valence-corrected chi connectivity index (χ4v) is 7.81. The summed E-state index contributed by atoms with van der Waals surface area (Å²) in [5.74, 6) is -12.3. The number of carboxylic acid groups (broad SMARTS) is 3. The summed E-state index contributed by atoms with van der Waals surface area (Å²) < 4.78 is 0. The average Bonchev–Trinajstić information content (AvgIpc) is 3.96. The number of carboxylic acids is 3. The van der Waals surface area contributed by atoms with Crippen LogP contribution in [0, 0.1) is 11.8 Å². The number of primary amides is 1. The molecule has 24 heteroatoms. The smallest absolute Gasteiger partial charge is 0.326 e. The van der Waals surface area contributed by atoms with E-state index in [1.165, 1.54) is 29.2 Å². The monoisotopic (exact) mass is 945 g/mol. The number of nitrogens with zero attached hydrogens (tertiary/aromatic N) is 2. The molecule has 9 atom stereocenters. The van der Waals surface area contributed by atoms with E-state index in [-0.39, 0.29) is 57.4 Å². The van der Waals surface area contributed by atoms with Gasteiger partial charge in [-0.2, -0.15) is 0 Å². The minimum atomic E-state index is -1.72. The molecule has 0 spiro atoms. The van der Waals surface area contributed by atoms with Gasteiger partial charge in [-0.15, -0.1) is 0 Å². The van der Waals surface area contributed by atoms with Crippen LogP contribution in [0.4, 0.5) is 0 Å². The topological polar surface area (TPSA) is 387 Å². The average molecular weight is 946 g/mol. The lowest BCUT2D eigenvalue weighted by molar-refractivity contribution is -0.146. The highest BCUT2D eigenvalue weighted by Gasteiger charge is 2.43. The molecule has 1 aromatic rings.